The SMILES string of the molecule is O=C(COc1ccccc1F)Nc1cnn([C@@H]2CCOC2)c1. The highest BCUT2D eigenvalue weighted by molar-refractivity contribution is 5.91. The Labute approximate surface area is 126 Å². The minimum absolute atomic E-state index is 0.0523. The van der Waals surface area contributed by atoms with E-state index < -0.39 is 5.82 Å². The number of para-hydroxylation sites is 1. The maximum atomic E-state index is 13.4. The summed E-state index contributed by atoms with van der Waals surface area (Å²) in [5, 5.41) is 6.87. The summed E-state index contributed by atoms with van der Waals surface area (Å²) in [6.07, 6.45) is 4.23. The van der Waals surface area contributed by atoms with Crippen molar-refractivity contribution in [1.29, 1.82) is 0 Å². The average Bonchev–Trinajstić information content (AvgIpc) is 3.17. The molecule has 1 fully saturated rings. The normalized spacial score (nSPS) is 17.4. The summed E-state index contributed by atoms with van der Waals surface area (Å²) in [5.41, 5.74) is 0.578. The second-order valence-corrected chi connectivity index (χ2v) is 4.99. The Morgan fingerprint density at radius 1 is 1.50 bits per heavy atom. The van der Waals surface area contributed by atoms with Gasteiger partial charge in [-0.05, 0) is 18.6 Å². The minimum Gasteiger partial charge on any atom is -0.481 e. The fraction of sp³-hybridized carbons (Fsp3) is 0.333. The fourth-order valence-electron chi connectivity index (χ4n) is 2.24. The van der Waals surface area contributed by atoms with E-state index >= 15 is 0 Å². The molecule has 2 aromatic rings. The minimum atomic E-state index is -0.496. The van der Waals surface area contributed by atoms with E-state index in [0.717, 1.165) is 13.0 Å². The van der Waals surface area contributed by atoms with Crippen molar-refractivity contribution in [1.82, 2.24) is 9.78 Å². The van der Waals surface area contributed by atoms with Gasteiger partial charge in [0.1, 0.15) is 0 Å². The van der Waals surface area contributed by atoms with E-state index in [1.807, 2.05) is 0 Å². The number of aromatic nitrogens is 2. The molecule has 2 heterocycles. The van der Waals surface area contributed by atoms with Gasteiger partial charge in [-0.2, -0.15) is 5.10 Å². The molecular weight excluding hydrogens is 289 g/mol. The number of rotatable bonds is 5. The van der Waals surface area contributed by atoms with E-state index in [0.29, 0.717) is 12.3 Å². The molecule has 1 saturated heterocycles. The van der Waals surface area contributed by atoms with Crippen LogP contribution in [0.4, 0.5) is 10.1 Å². The summed E-state index contributed by atoms with van der Waals surface area (Å²) in [5.74, 6) is -0.814. The maximum Gasteiger partial charge on any atom is 0.262 e. The van der Waals surface area contributed by atoms with E-state index in [1.165, 1.54) is 12.1 Å². The van der Waals surface area contributed by atoms with Crippen LogP contribution in [0.25, 0.3) is 0 Å². The lowest BCUT2D eigenvalue weighted by molar-refractivity contribution is -0.118. The number of ether oxygens (including phenoxy) is 2. The van der Waals surface area contributed by atoms with Gasteiger partial charge in [0.25, 0.3) is 5.91 Å². The van der Waals surface area contributed by atoms with Crippen LogP contribution in [-0.2, 0) is 9.53 Å². The van der Waals surface area contributed by atoms with Crippen LogP contribution in [0.5, 0.6) is 5.75 Å². The predicted molar refractivity (Wildman–Crippen MR) is 77.2 cm³/mol. The van der Waals surface area contributed by atoms with Crippen LogP contribution in [0.15, 0.2) is 36.7 Å². The van der Waals surface area contributed by atoms with Gasteiger partial charge in [0.15, 0.2) is 18.2 Å². The number of hydrogen-bond donors (Lipinski definition) is 1. The maximum absolute atomic E-state index is 13.4. The average molecular weight is 305 g/mol. The fourth-order valence-corrected chi connectivity index (χ4v) is 2.24. The van der Waals surface area contributed by atoms with Crippen molar-refractivity contribution in [2.24, 2.45) is 0 Å². The second-order valence-electron chi connectivity index (χ2n) is 4.99. The number of amides is 1. The van der Waals surface area contributed by atoms with Gasteiger partial charge in [-0.15, -0.1) is 0 Å². The molecule has 3 rings (SSSR count). The first kappa shape index (κ1) is 14.5. The zero-order chi connectivity index (χ0) is 15.4. The zero-order valence-electron chi connectivity index (χ0n) is 11.9. The van der Waals surface area contributed by atoms with E-state index in [9.17, 15) is 9.18 Å². The highest BCUT2D eigenvalue weighted by Crippen LogP contribution is 2.20. The van der Waals surface area contributed by atoms with Crippen molar-refractivity contribution < 1.29 is 18.7 Å². The van der Waals surface area contributed by atoms with E-state index in [4.69, 9.17) is 9.47 Å². The number of nitrogens with one attached hydrogen (secondary N) is 1. The first-order valence-electron chi connectivity index (χ1n) is 7.01. The van der Waals surface area contributed by atoms with Gasteiger partial charge in [0.05, 0.1) is 24.5 Å². The van der Waals surface area contributed by atoms with Crippen molar-refractivity contribution in [3.05, 3.63) is 42.5 Å². The van der Waals surface area contributed by atoms with Crippen molar-refractivity contribution >= 4 is 11.6 Å². The molecule has 0 radical (unpaired) electrons. The molecule has 1 amide bonds. The third kappa shape index (κ3) is 3.43. The van der Waals surface area contributed by atoms with Crippen LogP contribution in [-0.4, -0.2) is 35.5 Å². The molecule has 116 valence electrons. The number of benzene rings is 1. The lowest BCUT2D eigenvalue weighted by Crippen LogP contribution is -2.20. The molecule has 0 saturated carbocycles. The monoisotopic (exact) mass is 305 g/mol. The summed E-state index contributed by atoms with van der Waals surface area (Å²) >= 11 is 0. The van der Waals surface area contributed by atoms with Crippen LogP contribution in [0, 0.1) is 5.82 Å². The van der Waals surface area contributed by atoms with Crippen LogP contribution in [0.3, 0.4) is 0 Å². The molecule has 1 aliphatic rings. The Morgan fingerprint density at radius 3 is 3.14 bits per heavy atom. The number of nitrogens with zero attached hydrogens (tertiary/aromatic N) is 2. The Morgan fingerprint density at radius 2 is 2.36 bits per heavy atom. The van der Waals surface area contributed by atoms with Crippen LogP contribution < -0.4 is 10.1 Å². The Hall–Kier alpha value is -2.41. The van der Waals surface area contributed by atoms with E-state index in [1.54, 1.807) is 29.2 Å². The molecule has 6 nitrogen and oxygen atoms in total. The molecule has 0 aliphatic carbocycles. The van der Waals surface area contributed by atoms with Crippen molar-refractivity contribution in [2.45, 2.75) is 12.5 Å². The van der Waals surface area contributed by atoms with Gasteiger partial charge in [0.2, 0.25) is 0 Å². The number of halogens is 1. The largest absolute Gasteiger partial charge is 0.481 e. The molecule has 1 aromatic heterocycles. The standard InChI is InChI=1S/C15H16FN3O3/c16-13-3-1-2-4-14(13)22-10-15(20)18-11-7-17-19(8-11)12-5-6-21-9-12/h1-4,7-8,12H,5-6,9-10H2,(H,18,20)/t12-/m1/s1. The summed E-state index contributed by atoms with van der Waals surface area (Å²) < 4.78 is 25.6. The van der Waals surface area contributed by atoms with Crippen molar-refractivity contribution in [3.8, 4) is 5.75 Å². The molecule has 1 atom stereocenters. The molecule has 0 spiro atoms. The highest BCUT2D eigenvalue weighted by atomic mass is 19.1. The lowest BCUT2D eigenvalue weighted by atomic mass is 10.3. The summed E-state index contributed by atoms with van der Waals surface area (Å²) in [6.45, 7) is 1.09. The number of carbonyl (C=O) groups excluding carboxylic acids is 1. The van der Waals surface area contributed by atoms with Crippen LogP contribution in [0.2, 0.25) is 0 Å². The van der Waals surface area contributed by atoms with Crippen LogP contribution >= 0.6 is 0 Å². The first-order valence-corrected chi connectivity index (χ1v) is 7.01. The van der Waals surface area contributed by atoms with Gasteiger partial charge >= 0.3 is 0 Å². The molecular formula is C15H16FN3O3. The second kappa shape index (κ2) is 6.57. The Kier molecular flexibility index (Phi) is 4.34. The van der Waals surface area contributed by atoms with Crippen molar-refractivity contribution in [2.75, 3.05) is 25.1 Å². The number of hydrogen-bond acceptors (Lipinski definition) is 4. The Bertz CT molecular complexity index is 653. The van der Waals surface area contributed by atoms with Gasteiger partial charge in [-0.25, -0.2) is 4.39 Å². The lowest BCUT2D eigenvalue weighted by Gasteiger charge is -2.08. The summed E-state index contributed by atoms with van der Waals surface area (Å²) in [6, 6.07) is 6.16. The molecule has 1 aliphatic heterocycles. The number of carbonyl (C=O) groups is 1. The first-order chi connectivity index (χ1) is 10.7. The Balaban J connectivity index is 1.52. The predicted octanol–water partition coefficient (Wildman–Crippen LogP) is 2.00. The molecule has 1 aromatic carbocycles. The third-order valence-electron chi connectivity index (χ3n) is 3.36. The van der Waals surface area contributed by atoms with Crippen LogP contribution in [0.1, 0.15) is 12.5 Å². The topological polar surface area (TPSA) is 65.4 Å². The quantitative estimate of drug-likeness (QED) is 0.917. The summed E-state index contributed by atoms with van der Waals surface area (Å²) in [7, 11) is 0. The molecule has 7 heteroatoms. The molecule has 0 bridgehead atoms. The van der Waals surface area contributed by atoms with Gasteiger partial charge in [-0.1, -0.05) is 12.1 Å². The third-order valence-corrected chi connectivity index (χ3v) is 3.36. The molecule has 1 N–H and O–H groups in total. The van der Waals surface area contributed by atoms with E-state index in [2.05, 4.69) is 10.4 Å². The summed E-state index contributed by atoms with van der Waals surface area (Å²) in [4.78, 5) is 11.8. The molecule has 0 unspecified atom stereocenters. The van der Waals surface area contributed by atoms with Gasteiger partial charge in [0, 0.05) is 12.8 Å². The van der Waals surface area contributed by atoms with E-state index in [-0.39, 0.29) is 24.3 Å². The zero-order valence-corrected chi connectivity index (χ0v) is 11.9. The smallest absolute Gasteiger partial charge is 0.262 e. The van der Waals surface area contributed by atoms with Gasteiger partial charge in [-0.3, -0.25) is 9.48 Å². The van der Waals surface area contributed by atoms with Crippen molar-refractivity contribution in [3.63, 3.8) is 0 Å². The molecule has 22 heavy (non-hydrogen) atoms. The number of anilines is 1. The van der Waals surface area contributed by atoms with Gasteiger partial charge < -0.3 is 14.8 Å². The highest BCUT2D eigenvalue weighted by Gasteiger charge is 2.18.